The quantitative estimate of drug-likeness (QED) is 0.446. The number of fused-ring (bicyclic) bond motifs is 1. The Kier molecular flexibility index (Phi) is 7.07. The second-order valence-corrected chi connectivity index (χ2v) is 10.1. The van der Waals surface area contributed by atoms with Gasteiger partial charge in [-0.25, -0.2) is 13.2 Å². The third-order valence-corrected chi connectivity index (χ3v) is 7.09. The van der Waals surface area contributed by atoms with E-state index in [9.17, 15) is 31.5 Å². The van der Waals surface area contributed by atoms with Crippen LogP contribution in [0.4, 0.5) is 18.0 Å². The van der Waals surface area contributed by atoms with Gasteiger partial charge in [0.05, 0.1) is 10.6 Å². The molecule has 37 heavy (non-hydrogen) atoms. The predicted molar refractivity (Wildman–Crippen MR) is 123 cm³/mol. The number of hydrogen-bond donors (Lipinski definition) is 2. The van der Waals surface area contributed by atoms with Gasteiger partial charge in [-0.15, -0.1) is 13.2 Å². The van der Waals surface area contributed by atoms with Gasteiger partial charge in [-0.3, -0.25) is 0 Å². The number of para-hydroxylation sites is 2. The molecular weight excluding hydrogens is 519 g/mol. The van der Waals surface area contributed by atoms with E-state index >= 15 is 0 Å². The molecule has 1 amide bonds. The molecule has 0 fully saturated rings. The highest BCUT2D eigenvalue weighted by Crippen LogP contribution is 2.32. The van der Waals surface area contributed by atoms with Crippen LogP contribution in [0.2, 0.25) is 0 Å². The van der Waals surface area contributed by atoms with Gasteiger partial charge in [0.15, 0.2) is 21.3 Å². The van der Waals surface area contributed by atoms with E-state index in [0.29, 0.717) is 11.5 Å². The highest BCUT2D eigenvalue weighted by Gasteiger charge is 2.41. The maximum Gasteiger partial charge on any atom is 0.573 e. The van der Waals surface area contributed by atoms with E-state index in [0.717, 1.165) is 12.1 Å². The second-order valence-electron chi connectivity index (χ2n) is 8.09. The SMILES string of the molecule is O=C(O)NC1(CS(=O)(=O)c2ccc(Oc3ccc(OC(F)(F)F)cc3)cc2)COc2ccccc2OC1. The van der Waals surface area contributed by atoms with Crippen molar-refractivity contribution < 1.29 is 50.4 Å². The number of nitrogens with one attached hydrogen (secondary N) is 1. The summed E-state index contributed by atoms with van der Waals surface area (Å²) < 4.78 is 83.9. The number of amides is 1. The van der Waals surface area contributed by atoms with Crippen molar-refractivity contribution in [1.82, 2.24) is 5.32 Å². The van der Waals surface area contributed by atoms with Crippen LogP contribution >= 0.6 is 0 Å². The first-order chi connectivity index (χ1) is 17.4. The van der Waals surface area contributed by atoms with Crippen LogP contribution in [0.3, 0.4) is 0 Å². The Morgan fingerprint density at radius 2 is 1.38 bits per heavy atom. The standard InChI is InChI=1S/C24H20F3NO8S/c25-24(26,27)36-18-7-5-16(6-8-18)35-17-9-11-19(12-10-17)37(31,32)15-23(28-22(29)30)13-33-20-3-1-2-4-21(20)34-14-23/h1-12,28H,13-15H2,(H,29,30). The van der Waals surface area contributed by atoms with E-state index in [-0.39, 0.29) is 29.6 Å². The van der Waals surface area contributed by atoms with Gasteiger partial charge < -0.3 is 29.4 Å². The number of halogens is 3. The fourth-order valence-corrected chi connectivity index (χ4v) is 5.27. The first-order valence-electron chi connectivity index (χ1n) is 10.7. The fraction of sp³-hybridized carbons (Fsp3) is 0.208. The molecule has 0 bridgehead atoms. The zero-order valence-electron chi connectivity index (χ0n) is 18.9. The van der Waals surface area contributed by atoms with Gasteiger partial charge in [0.2, 0.25) is 0 Å². The van der Waals surface area contributed by atoms with Crippen molar-refractivity contribution in [3.05, 3.63) is 72.8 Å². The molecular formula is C24H20F3NO8S. The molecule has 0 aromatic heterocycles. The van der Waals surface area contributed by atoms with Gasteiger partial charge in [0.1, 0.15) is 36.0 Å². The van der Waals surface area contributed by atoms with Crippen molar-refractivity contribution in [2.45, 2.75) is 16.8 Å². The molecule has 0 aliphatic carbocycles. The van der Waals surface area contributed by atoms with Crippen molar-refractivity contribution in [2.24, 2.45) is 0 Å². The van der Waals surface area contributed by atoms with E-state index in [1.165, 1.54) is 36.4 Å². The lowest BCUT2D eigenvalue weighted by atomic mass is 10.1. The van der Waals surface area contributed by atoms with E-state index in [4.69, 9.17) is 14.2 Å². The van der Waals surface area contributed by atoms with Crippen LogP contribution in [0.15, 0.2) is 77.7 Å². The van der Waals surface area contributed by atoms with Gasteiger partial charge >= 0.3 is 12.5 Å². The molecule has 3 aromatic carbocycles. The Balaban J connectivity index is 1.47. The number of rotatable bonds is 7. The summed E-state index contributed by atoms with van der Waals surface area (Å²) >= 11 is 0. The van der Waals surface area contributed by atoms with Crippen LogP contribution in [0, 0.1) is 0 Å². The first kappa shape index (κ1) is 25.9. The van der Waals surface area contributed by atoms with Crippen LogP contribution in [-0.4, -0.2) is 50.5 Å². The maximum atomic E-state index is 13.2. The fourth-order valence-electron chi connectivity index (χ4n) is 3.59. The highest BCUT2D eigenvalue weighted by molar-refractivity contribution is 7.91. The van der Waals surface area contributed by atoms with Gasteiger partial charge in [-0.2, -0.15) is 0 Å². The molecule has 0 radical (unpaired) electrons. The summed E-state index contributed by atoms with van der Waals surface area (Å²) in [4.78, 5) is 11.4. The number of carbonyl (C=O) groups is 1. The van der Waals surface area contributed by atoms with E-state index < -0.39 is 39.3 Å². The van der Waals surface area contributed by atoms with Crippen molar-refractivity contribution in [3.8, 4) is 28.7 Å². The van der Waals surface area contributed by atoms with Gasteiger partial charge in [-0.05, 0) is 60.7 Å². The van der Waals surface area contributed by atoms with E-state index in [2.05, 4.69) is 10.1 Å². The lowest BCUT2D eigenvalue weighted by Crippen LogP contribution is -2.59. The van der Waals surface area contributed by atoms with E-state index in [1.54, 1.807) is 24.3 Å². The lowest BCUT2D eigenvalue weighted by molar-refractivity contribution is -0.274. The Morgan fingerprint density at radius 3 is 1.86 bits per heavy atom. The zero-order valence-corrected chi connectivity index (χ0v) is 19.7. The van der Waals surface area contributed by atoms with Crippen molar-refractivity contribution in [1.29, 1.82) is 0 Å². The van der Waals surface area contributed by atoms with Crippen LogP contribution in [0.1, 0.15) is 0 Å². The average Bonchev–Trinajstić information content (AvgIpc) is 2.99. The molecule has 9 nitrogen and oxygen atoms in total. The molecule has 1 aliphatic heterocycles. The predicted octanol–water partition coefficient (Wildman–Crippen LogP) is 4.63. The van der Waals surface area contributed by atoms with E-state index in [1.807, 2.05) is 0 Å². The van der Waals surface area contributed by atoms with Gasteiger partial charge in [0.25, 0.3) is 0 Å². The average molecular weight is 539 g/mol. The summed E-state index contributed by atoms with van der Waals surface area (Å²) in [5.41, 5.74) is -1.60. The minimum absolute atomic E-state index is 0.109. The third kappa shape index (κ3) is 6.76. The molecule has 13 heteroatoms. The monoisotopic (exact) mass is 539 g/mol. The Bertz CT molecular complexity index is 1330. The summed E-state index contributed by atoms with van der Waals surface area (Å²) in [5.74, 6) is 0.0587. The van der Waals surface area contributed by atoms with Crippen molar-refractivity contribution in [2.75, 3.05) is 19.0 Å². The maximum absolute atomic E-state index is 13.2. The van der Waals surface area contributed by atoms with Gasteiger partial charge in [-0.1, -0.05) is 12.1 Å². The number of ether oxygens (including phenoxy) is 4. The summed E-state index contributed by atoms with van der Waals surface area (Å²) in [5, 5.41) is 11.6. The summed E-state index contributed by atoms with van der Waals surface area (Å²) in [6.07, 6.45) is -6.26. The molecule has 4 rings (SSSR count). The minimum atomic E-state index is -4.82. The number of sulfone groups is 1. The van der Waals surface area contributed by atoms with Gasteiger partial charge in [0, 0.05) is 0 Å². The number of alkyl halides is 3. The van der Waals surface area contributed by atoms with Crippen molar-refractivity contribution in [3.63, 3.8) is 0 Å². The Hall–Kier alpha value is -4.13. The molecule has 0 atom stereocenters. The number of hydrogen-bond acceptors (Lipinski definition) is 7. The summed E-state index contributed by atoms with van der Waals surface area (Å²) in [7, 11) is -4.04. The molecule has 0 saturated carbocycles. The molecule has 196 valence electrons. The number of benzene rings is 3. The molecule has 0 spiro atoms. The molecule has 3 aromatic rings. The zero-order chi connectivity index (χ0) is 26.7. The third-order valence-electron chi connectivity index (χ3n) is 5.17. The normalized spacial score (nSPS) is 14.8. The smallest absolute Gasteiger partial charge is 0.487 e. The number of carboxylic acid groups (broad SMARTS) is 1. The Morgan fingerprint density at radius 1 is 0.892 bits per heavy atom. The molecule has 0 saturated heterocycles. The highest BCUT2D eigenvalue weighted by atomic mass is 32.2. The summed E-state index contributed by atoms with van der Waals surface area (Å²) in [6, 6.07) is 16.6. The molecule has 1 aliphatic rings. The van der Waals surface area contributed by atoms with Crippen LogP contribution in [-0.2, 0) is 9.84 Å². The largest absolute Gasteiger partial charge is 0.573 e. The van der Waals surface area contributed by atoms with Crippen LogP contribution < -0.4 is 24.3 Å². The molecule has 0 unspecified atom stereocenters. The topological polar surface area (TPSA) is 120 Å². The minimum Gasteiger partial charge on any atom is -0.487 e. The molecule has 2 N–H and O–H groups in total. The molecule has 1 heterocycles. The lowest BCUT2D eigenvalue weighted by Gasteiger charge is -2.30. The van der Waals surface area contributed by atoms with Crippen LogP contribution in [0.5, 0.6) is 28.7 Å². The second kappa shape index (κ2) is 10.1. The van der Waals surface area contributed by atoms with Crippen LogP contribution in [0.25, 0.3) is 0 Å². The van der Waals surface area contributed by atoms with Crippen molar-refractivity contribution >= 4 is 15.9 Å². The summed E-state index contributed by atoms with van der Waals surface area (Å²) in [6.45, 7) is -0.574. The Labute approximate surface area is 209 Å². The first-order valence-corrected chi connectivity index (χ1v) is 12.3.